The van der Waals surface area contributed by atoms with Crippen LogP contribution >= 0.6 is 11.6 Å². The minimum atomic E-state index is -0.950. The van der Waals surface area contributed by atoms with E-state index in [2.05, 4.69) is 9.97 Å². The van der Waals surface area contributed by atoms with Gasteiger partial charge in [-0.25, -0.2) is 9.37 Å². The van der Waals surface area contributed by atoms with Crippen LogP contribution in [-0.4, -0.2) is 21.0 Å². The van der Waals surface area contributed by atoms with Crippen molar-refractivity contribution in [2.24, 2.45) is 0 Å². The second-order valence-corrected chi connectivity index (χ2v) is 4.21. The first kappa shape index (κ1) is 12.6. The number of nitrogens with one attached hydrogen (secondary N) is 1. The van der Waals surface area contributed by atoms with Gasteiger partial charge in [0.15, 0.2) is 0 Å². The van der Waals surface area contributed by atoms with E-state index in [1.807, 2.05) is 0 Å². The number of hydrogen-bond acceptors (Lipinski definition) is 2. The quantitative estimate of drug-likeness (QED) is 0.895. The summed E-state index contributed by atoms with van der Waals surface area (Å²) in [6.07, 6.45) is 1.49. The second kappa shape index (κ2) is 5.18. The molecule has 2 N–H and O–H groups in total. The Hall–Kier alpha value is -1.88. The Morgan fingerprint density at radius 3 is 2.94 bits per heavy atom. The largest absolute Gasteiger partial charge is 0.481 e. The van der Waals surface area contributed by atoms with Gasteiger partial charge in [0.1, 0.15) is 11.6 Å². The predicted octanol–water partition coefficient (Wildman–Crippen LogP) is 2.42. The van der Waals surface area contributed by atoms with Crippen LogP contribution in [0.3, 0.4) is 0 Å². The smallest absolute Gasteiger partial charge is 0.309 e. The third kappa shape index (κ3) is 2.87. The fourth-order valence-corrected chi connectivity index (χ4v) is 1.85. The Morgan fingerprint density at radius 1 is 1.50 bits per heavy atom. The highest BCUT2D eigenvalue weighted by Crippen LogP contribution is 2.21. The summed E-state index contributed by atoms with van der Waals surface area (Å²) in [5.41, 5.74) is 0.820. The summed E-state index contributed by atoms with van der Waals surface area (Å²) in [5, 5.41) is 8.95. The number of halogens is 2. The molecule has 0 aliphatic rings. The number of carboxylic acids is 1. The molecule has 94 valence electrons. The number of rotatable bonds is 4. The molecule has 4 nitrogen and oxygen atoms in total. The van der Waals surface area contributed by atoms with Crippen molar-refractivity contribution >= 4 is 17.6 Å². The molecule has 0 atom stereocenters. The third-order valence-electron chi connectivity index (χ3n) is 2.43. The molecule has 1 heterocycles. The maximum Gasteiger partial charge on any atom is 0.309 e. The Balaban J connectivity index is 2.19. The van der Waals surface area contributed by atoms with Crippen LogP contribution in [0.15, 0.2) is 24.4 Å². The van der Waals surface area contributed by atoms with Gasteiger partial charge in [-0.2, -0.15) is 0 Å². The van der Waals surface area contributed by atoms with Crippen molar-refractivity contribution < 1.29 is 14.3 Å². The average molecular weight is 269 g/mol. The van der Waals surface area contributed by atoms with Crippen LogP contribution in [0, 0.1) is 5.82 Å². The Kier molecular flexibility index (Phi) is 3.62. The zero-order chi connectivity index (χ0) is 13.1. The SMILES string of the molecule is O=C(O)Cc1cnc(Cc2c(F)cccc2Cl)[nH]1. The van der Waals surface area contributed by atoms with E-state index in [4.69, 9.17) is 16.7 Å². The topological polar surface area (TPSA) is 66.0 Å². The molecule has 0 aliphatic heterocycles. The van der Waals surface area contributed by atoms with Crippen LogP contribution in [0.4, 0.5) is 4.39 Å². The molecular formula is C12H10ClFN2O2. The fourth-order valence-electron chi connectivity index (χ4n) is 1.62. The Morgan fingerprint density at radius 2 is 2.28 bits per heavy atom. The molecule has 0 saturated heterocycles. The summed E-state index contributed by atoms with van der Waals surface area (Å²) in [6.45, 7) is 0. The van der Waals surface area contributed by atoms with Gasteiger partial charge in [0.2, 0.25) is 0 Å². The van der Waals surface area contributed by atoms with Gasteiger partial charge >= 0.3 is 5.97 Å². The van der Waals surface area contributed by atoms with Crippen LogP contribution in [0.5, 0.6) is 0 Å². The van der Waals surface area contributed by atoms with E-state index >= 15 is 0 Å². The summed E-state index contributed by atoms with van der Waals surface area (Å²) < 4.78 is 13.5. The lowest BCUT2D eigenvalue weighted by Crippen LogP contribution is -2.01. The van der Waals surface area contributed by atoms with E-state index in [-0.39, 0.29) is 12.8 Å². The first-order valence-corrected chi connectivity index (χ1v) is 5.61. The van der Waals surface area contributed by atoms with Gasteiger partial charge < -0.3 is 10.1 Å². The summed E-state index contributed by atoms with van der Waals surface area (Å²) in [5.74, 6) is -0.869. The number of hydrogen-bond donors (Lipinski definition) is 2. The molecule has 6 heteroatoms. The highest BCUT2D eigenvalue weighted by Gasteiger charge is 2.11. The van der Waals surface area contributed by atoms with E-state index in [1.54, 1.807) is 6.07 Å². The van der Waals surface area contributed by atoms with Crippen molar-refractivity contribution in [2.75, 3.05) is 0 Å². The van der Waals surface area contributed by atoms with Gasteiger partial charge in [-0.3, -0.25) is 4.79 Å². The molecule has 2 rings (SSSR count). The summed E-state index contributed by atoms with van der Waals surface area (Å²) in [6, 6.07) is 4.45. The van der Waals surface area contributed by atoms with E-state index in [1.165, 1.54) is 18.3 Å². The van der Waals surface area contributed by atoms with Gasteiger partial charge in [0.25, 0.3) is 0 Å². The maximum absolute atomic E-state index is 13.5. The normalized spacial score (nSPS) is 10.6. The number of aromatic amines is 1. The van der Waals surface area contributed by atoms with E-state index in [9.17, 15) is 9.18 Å². The molecule has 1 aromatic carbocycles. The van der Waals surface area contributed by atoms with Gasteiger partial charge in [-0.15, -0.1) is 0 Å². The van der Waals surface area contributed by atoms with Crippen molar-refractivity contribution in [1.82, 2.24) is 9.97 Å². The Labute approximate surface area is 107 Å². The molecule has 0 spiro atoms. The molecule has 18 heavy (non-hydrogen) atoms. The minimum Gasteiger partial charge on any atom is -0.481 e. The molecular weight excluding hydrogens is 259 g/mol. The number of carboxylic acid groups (broad SMARTS) is 1. The van der Waals surface area contributed by atoms with Crippen molar-refractivity contribution in [3.63, 3.8) is 0 Å². The molecule has 0 aliphatic carbocycles. The summed E-state index contributed by atoms with van der Waals surface area (Å²) in [7, 11) is 0. The molecule has 0 unspecified atom stereocenters. The monoisotopic (exact) mass is 268 g/mol. The van der Waals surface area contributed by atoms with Gasteiger partial charge in [-0.05, 0) is 12.1 Å². The maximum atomic E-state index is 13.5. The van der Waals surface area contributed by atoms with Crippen LogP contribution in [-0.2, 0) is 17.6 Å². The van der Waals surface area contributed by atoms with Crippen LogP contribution in [0.25, 0.3) is 0 Å². The van der Waals surface area contributed by atoms with Gasteiger partial charge in [0, 0.05) is 28.9 Å². The van der Waals surface area contributed by atoms with Crippen LogP contribution in [0.1, 0.15) is 17.1 Å². The number of nitrogens with zero attached hydrogens (tertiary/aromatic N) is 1. The summed E-state index contributed by atoms with van der Waals surface area (Å²) in [4.78, 5) is 17.3. The molecule has 0 saturated carbocycles. The molecule has 2 aromatic rings. The molecule has 0 radical (unpaired) electrons. The first-order chi connectivity index (χ1) is 8.56. The van der Waals surface area contributed by atoms with E-state index in [0.29, 0.717) is 22.1 Å². The highest BCUT2D eigenvalue weighted by molar-refractivity contribution is 6.31. The predicted molar refractivity (Wildman–Crippen MR) is 64.1 cm³/mol. The number of aromatic nitrogens is 2. The van der Waals surface area contributed by atoms with Gasteiger partial charge in [-0.1, -0.05) is 17.7 Å². The average Bonchev–Trinajstić information content (AvgIpc) is 2.70. The van der Waals surface area contributed by atoms with E-state index < -0.39 is 11.8 Å². The zero-order valence-electron chi connectivity index (χ0n) is 9.28. The lowest BCUT2D eigenvalue weighted by Gasteiger charge is -2.03. The van der Waals surface area contributed by atoms with E-state index in [0.717, 1.165) is 0 Å². The lowest BCUT2D eigenvalue weighted by atomic mass is 10.1. The fraction of sp³-hybridized carbons (Fsp3) is 0.167. The van der Waals surface area contributed by atoms with Gasteiger partial charge in [0.05, 0.1) is 6.42 Å². The molecule has 0 fully saturated rings. The summed E-state index contributed by atoms with van der Waals surface area (Å²) >= 11 is 5.89. The standard InChI is InChI=1S/C12H10ClFN2O2/c13-9-2-1-3-10(14)8(9)5-11-15-6-7(16-11)4-12(17)18/h1-3,6H,4-5H2,(H,15,16)(H,17,18). The number of carbonyl (C=O) groups is 1. The van der Waals surface area contributed by atoms with Crippen LogP contribution in [0.2, 0.25) is 5.02 Å². The Bertz CT molecular complexity index is 563. The first-order valence-electron chi connectivity index (χ1n) is 5.23. The number of benzene rings is 1. The van der Waals surface area contributed by atoms with Crippen LogP contribution < -0.4 is 0 Å². The number of aliphatic carboxylic acids is 1. The van der Waals surface area contributed by atoms with Crippen molar-refractivity contribution in [3.05, 3.63) is 52.3 Å². The zero-order valence-corrected chi connectivity index (χ0v) is 10.0. The molecule has 1 aromatic heterocycles. The third-order valence-corrected chi connectivity index (χ3v) is 2.78. The number of imidazole rings is 1. The second-order valence-electron chi connectivity index (χ2n) is 3.80. The molecule has 0 amide bonds. The number of H-pyrrole nitrogens is 1. The molecule has 0 bridgehead atoms. The van der Waals surface area contributed by atoms with Crippen molar-refractivity contribution in [3.8, 4) is 0 Å². The van der Waals surface area contributed by atoms with Crippen molar-refractivity contribution in [2.45, 2.75) is 12.8 Å². The van der Waals surface area contributed by atoms with Crippen molar-refractivity contribution in [1.29, 1.82) is 0 Å². The lowest BCUT2D eigenvalue weighted by molar-refractivity contribution is -0.136. The minimum absolute atomic E-state index is 0.141. The highest BCUT2D eigenvalue weighted by atomic mass is 35.5.